The molecule has 0 unspecified atom stereocenters. The lowest BCUT2D eigenvalue weighted by Crippen LogP contribution is -2.17. The Balaban J connectivity index is 2.05. The van der Waals surface area contributed by atoms with Gasteiger partial charge in [0.25, 0.3) is 0 Å². The molecule has 0 aliphatic carbocycles. The second kappa shape index (κ2) is 15.8. The normalized spacial score (nSPS) is 11.0. The summed E-state index contributed by atoms with van der Waals surface area (Å²) in [6, 6.07) is 0. The molecule has 31 heavy (non-hydrogen) atoms. The molecule has 1 aromatic rings. The number of halogens is 5. The fourth-order valence-corrected chi connectivity index (χ4v) is 3.25. The number of carbonyl (C=O) groups excluding carboxylic acids is 1. The van der Waals surface area contributed by atoms with E-state index in [9.17, 15) is 26.7 Å². The SMILES string of the molecule is C=C(CCCCCCCCCCCOCCNC=O)Cc1c(F)c(F)c(F)c(F)c1F. The average Bonchev–Trinajstić information content (AvgIpc) is 2.76. The molecule has 0 aliphatic rings. The minimum atomic E-state index is -2.14. The van der Waals surface area contributed by atoms with E-state index >= 15 is 0 Å². The van der Waals surface area contributed by atoms with Gasteiger partial charge in [0, 0.05) is 18.7 Å². The number of rotatable bonds is 18. The van der Waals surface area contributed by atoms with Crippen molar-refractivity contribution in [1.82, 2.24) is 5.32 Å². The molecule has 8 heteroatoms. The van der Waals surface area contributed by atoms with Crippen molar-refractivity contribution in [1.29, 1.82) is 0 Å². The summed E-state index contributed by atoms with van der Waals surface area (Å²) in [6.45, 7) is 5.49. The van der Waals surface area contributed by atoms with E-state index < -0.39 is 34.6 Å². The van der Waals surface area contributed by atoms with Crippen molar-refractivity contribution >= 4 is 6.41 Å². The highest BCUT2D eigenvalue weighted by Crippen LogP contribution is 2.26. The van der Waals surface area contributed by atoms with Crippen LogP contribution >= 0.6 is 0 Å². The van der Waals surface area contributed by atoms with E-state index in [1.54, 1.807) is 0 Å². The van der Waals surface area contributed by atoms with Crippen molar-refractivity contribution in [2.75, 3.05) is 19.8 Å². The Bertz CT molecular complexity index is 668. The van der Waals surface area contributed by atoms with Crippen LogP contribution < -0.4 is 5.32 Å². The molecule has 0 aromatic heterocycles. The maximum Gasteiger partial charge on any atom is 0.207 e. The smallest absolute Gasteiger partial charge is 0.207 e. The number of hydrogen-bond acceptors (Lipinski definition) is 2. The summed E-state index contributed by atoms with van der Waals surface area (Å²) in [5, 5.41) is 2.53. The van der Waals surface area contributed by atoms with E-state index in [4.69, 9.17) is 4.74 Å². The standard InChI is InChI=1S/C23H32F5NO2/c1-17(15-18-19(24)21(26)23(28)22(27)20(18)25)11-9-7-5-3-2-4-6-8-10-13-31-14-12-29-16-30/h16H,1-15H2,(H,29,30). The molecule has 0 heterocycles. The molecule has 0 saturated carbocycles. The van der Waals surface area contributed by atoms with E-state index in [-0.39, 0.29) is 6.42 Å². The molecule has 1 aromatic carbocycles. The molecule has 1 N–H and O–H groups in total. The van der Waals surface area contributed by atoms with Crippen LogP contribution in [0.2, 0.25) is 0 Å². The second-order valence-electron chi connectivity index (χ2n) is 7.59. The molecule has 1 amide bonds. The van der Waals surface area contributed by atoms with Crippen LogP contribution in [0.3, 0.4) is 0 Å². The summed E-state index contributed by atoms with van der Waals surface area (Å²) in [6.07, 6.45) is 10.2. The first-order valence-corrected chi connectivity index (χ1v) is 10.8. The van der Waals surface area contributed by atoms with Gasteiger partial charge in [-0.05, 0) is 25.7 Å². The number of carbonyl (C=O) groups is 1. The highest BCUT2D eigenvalue weighted by atomic mass is 19.2. The summed E-state index contributed by atoms with van der Waals surface area (Å²) in [7, 11) is 0. The first-order valence-electron chi connectivity index (χ1n) is 10.8. The summed E-state index contributed by atoms with van der Waals surface area (Å²) in [4.78, 5) is 10.0. The van der Waals surface area contributed by atoms with Gasteiger partial charge in [-0.25, -0.2) is 22.0 Å². The zero-order chi connectivity index (χ0) is 23.1. The molecule has 0 atom stereocenters. The quantitative estimate of drug-likeness (QED) is 0.0730. The Morgan fingerprint density at radius 1 is 0.742 bits per heavy atom. The number of unbranched alkanes of at least 4 members (excludes halogenated alkanes) is 8. The highest BCUT2D eigenvalue weighted by molar-refractivity contribution is 5.45. The first-order chi connectivity index (χ1) is 14.9. The molecule has 0 spiro atoms. The van der Waals surface area contributed by atoms with Crippen molar-refractivity contribution < 1.29 is 31.5 Å². The zero-order valence-electron chi connectivity index (χ0n) is 17.9. The first kappa shape index (κ1) is 27.1. The fraction of sp³-hybridized carbons (Fsp3) is 0.609. The van der Waals surface area contributed by atoms with E-state index in [1.165, 1.54) is 0 Å². The Labute approximate surface area is 181 Å². The van der Waals surface area contributed by atoms with E-state index in [0.717, 1.165) is 57.8 Å². The predicted octanol–water partition coefficient (Wildman–Crippen LogP) is 6.14. The van der Waals surface area contributed by atoms with Gasteiger partial charge < -0.3 is 10.1 Å². The van der Waals surface area contributed by atoms with Crippen molar-refractivity contribution in [2.45, 2.75) is 70.6 Å². The molecular formula is C23H32F5NO2. The van der Waals surface area contributed by atoms with Gasteiger partial charge in [-0.15, -0.1) is 0 Å². The van der Waals surface area contributed by atoms with Crippen molar-refractivity contribution in [2.24, 2.45) is 0 Å². The molecule has 3 nitrogen and oxygen atoms in total. The molecule has 0 saturated heterocycles. The van der Waals surface area contributed by atoms with E-state index in [1.807, 2.05) is 0 Å². The van der Waals surface area contributed by atoms with Gasteiger partial charge in [-0.1, -0.05) is 57.1 Å². The number of benzene rings is 1. The molecular weight excluding hydrogens is 417 g/mol. The maximum atomic E-state index is 13.7. The average molecular weight is 450 g/mol. The molecule has 176 valence electrons. The number of hydrogen-bond donors (Lipinski definition) is 1. The van der Waals surface area contributed by atoms with Crippen molar-refractivity contribution in [3.63, 3.8) is 0 Å². The minimum absolute atomic E-state index is 0.358. The number of ether oxygens (including phenoxy) is 1. The van der Waals surface area contributed by atoms with Crippen LogP contribution in [0.5, 0.6) is 0 Å². The molecule has 0 bridgehead atoms. The van der Waals surface area contributed by atoms with Crippen LogP contribution in [0.15, 0.2) is 12.2 Å². The minimum Gasteiger partial charge on any atom is -0.380 e. The van der Waals surface area contributed by atoms with Crippen LogP contribution in [-0.2, 0) is 16.0 Å². The lowest BCUT2D eigenvalue weighted by molar-refractivity contribution is -0.109. The van der Waals surface area contributed by atoms with Gasteiger partial charge in [0.05, 0.1) is 6.61 Å². The third-order valence-electron chi connectivity index (χ3n) is 5.02. The van der Waals surface area contributed by atoms with Gasteiger partial charge >= 0.3 is 0 Å². The third kappa shape index (κ3) is 10.3. The van der Waals surface area contributed by atoms with Crippen LogP contribution in [0.1, 0.15) is 69.8 Å². The lowest BCUT2D eigenvalue weighted by atomic mass is 9.99. The molecule has 0 aliphatic heterocycles. The summed E-state index contributed by atoms with van der Waals surface area (Å²) in [5.41, 5.74) is -0.364. The summed E-state index contributed by atoms with van der Waals surface area (Å²) in [5.74, 6) is -9.53. The Hall–Kier alpha value is -1.96. The molecule has 0 fully saturated rings. The maximum absolute atomic E-state index is 13.7. The van der Waals surface area contributed by atoms with Crippen LogP contribution in [0, 0.1) is 29.1 Å². The van der Waals surface area contributed by atoms with Gasteiger partial charge in [0.15, 0.2) is 23.3 Å². The number of allylic oxidation sites excluding steroid dienone is 1. The topological polar surface area (TPSA) is 38.3 Å². The summed E-state index contributed by atoms with van der Waals surface area (Å²) >= 11 is 0. The van der Waals surface area contributed by atoms with Gasteiger partial charge in [-0.3, -0.25) is 4.79 Å². The fourth-order valence-electron chi connectivity index (χ4n) is 3.25. The van der Waals surface area contributed by atoms with Crippen molar-refractivity contribution in [3.8, 4) is 0 Å². The van der Waals surface area contributed by atoms with Crippen LogP contribution in [0.4, 0.5) is 22.0 Å². The number of amides is 1. The van der Waals surface area contributed by atoms with Crippen LogP contribution in [0.25, 0.3) is 0 Å². The van der Waals surface area contributed by atoms with E-state index in [0.29, 0.717) is 38.2 Å². The van der Waals surface area contributed by atoms with Gasteiger partial charge in [-0.2, -0.15) is 0 Å². The monoisotopic (exact) mass is 449 g/mol. The lowest BCUT2D eigenvalue weighted by Gasteiger charge is -2.10. The molecule has 0 radical (unpaired) electrons. The predicted molar refractivity (Wildman–Crippen MR) is 110 cm³/mol. The third-order valence-corrected chi connectivity index (χ3v) is 5.02. The van der Waals surface area contributed by atoms with E-state index in [2.05, 4.69) is 11.9 Å². The largest absolute Gasteiger partial charge is 0.380 e. The second-order valence-corrected chi connectivity index (χ2v) is 7.59. The van der Waals surface area contributed by atoms with Crippen molar-refractivity contribution in [3.05, 3.63) is 46.8 Å². The van der Waals surface area contributed by atoms with Crippen LogP contribution in [-0.4, -0.2) is 26.2 Å². The zero-order valence-corrected chi connectivity index (χ0v) is 17.9. The molecule has 1 rings (SSSR count). The van der Waals surface area contributed by atoms with Gasteiger partial charge in [0.2, 0.25) is 12.2 Å². The number of nitrogens with one attached hydrogen (secondary N) is 1. The van der Waals surface area contributed by atoms with Gasteiger partial charge in [0.1, 0.15) is 0 Å². The highest BCUT2D eigenvalue weighted by Gasteiger charge is 2.25. The summed E-state index contributed by atoms with van der Waals surface area (Å²) < 4.78 is 72.3. The Morgan fingerprint density at radius 3 is 1.77 bits per heavy atom. The Kier molecular flexibility index (Phi) is 13.8. The Morgan fingerprint density at radius 2 is 1.23 bits per heavy atom.